The Labute approximate surface area is 105 Å². The number of pyridine rings is 1. The number of nitrogens with zero attached hydrogens (tertiary/aromatic N) is 2. The molecule has 3 nitrogen and oxygen atoms in total. The molecule has 0 saturated heterocycles. The van der Waals surface area contributed by atoms with Gasteiger partial charge >= 0.3 is 0 Å². The van der Waals surface area contributed by atoms with Crippen LogP contribution in [-0.2, 0) is 0 Å². The maximum absolute atomic E-state index is 5.90. The number of fused-ring (bicyclic) bond motifs is 1. The molecule has 18 heavy (non-hydrogen) atoms. The predicted molar refractivity (Wildman–Crippen MR) is 71.5 cm³/mol. The van der Waals surface area contributed by atoms with Crippen molar-refractivity contribution >= 4 is 11.1 Å². The summed E-state index contributed by atoms with van der Waals surface area (Å²) in [7, 11) is 0. The molecule has 3 heteroatoms. The van der Waals surface area contributed by atoms with Crippen LogP contribution < -0.4 is 0 Å². The van der Waals surface area contributed by atoms with E-state index in [0.29, 0.717) is 5.89 Å². The fourth-order valence-corrected chi connectivity index (χ4v) is 2.13. The molecule has 3 rings (SSSR count). The summed E-state index contributed by atoms with van der Waals surface area (Å²) < 4.78 is 5.90. The van der Waals surface area contributed by atoms with Crippen LogP contribution in [0.4, 0.5) is 0 Å². The molecule has 0 atom stereocenters. The van der Waals surface area contributed by atoms with E-state index in [1.54, 1.807) is 12.4 Å². The Morgan fingerprint density at radius 1 is 1.11 bits per heavy atom. The van der Waals surface area contributed by atoms with Gasteiger partial charge in [0.15, 0.2) is 5.58 Å². The zero-order valence-corrected chi connectivity index (χ0v) is 10.7. The third-order valence-corrected chi connectivity index (χ3v) is 3.27. The zero-order valence-electron chi connectivity index (χ0n) is 10.7. The van der Waals surface area contributed by atoms with Crippen LogP contribution in [0.5, 0.6) is 0 Å². The molecule has 0 bridgehead atoms. The van der Waals surface area contributed by atoms with Crippen LogP contribution in [0.25, 0.3) is 22.6 Å². The Morgan fingerprint density at radius 2 is 1.94 bits per heavy atom. The molecular weight excluding hydrogens is 224 g/mol. The minimum Gasteiger partial charge on any atom is -0.436 e. The molecule has 0 saturated carbocycles. The lowest BCUT2D eigenvalue weighted by molar-refractivity contribution is 0.616. The monoisotopic (exact) mass is 238 g/mol. The van der Waals surface area contributed by atoms with E-state index in [9.17, 15) is 0 Å². The minimum atomic E-state index is 0.634. The second-order valence-electron chi connectivity index (χ2n) is 4.57. The smallest absolute Gasteiger partial charge is 0.228 e. The molecule has 90 valence electrons. The Morgan fingerprint density at radius 3 is 2.67 bits per heavy atom. The van der Waals surface area contributed by atoms with E-state index in [1.807, 2.05) is 12.1 Å². The maximum atomic E-state index is 5.90. The Kier molecular flexibility index (Phi) is 2.40. The van der Waals surface area contributed by atoms with Crippen molar-refractivity contribution in [3.63, 3.8) is 0 Å². The fraction of sp³-hybridized carbons (Fsp3) is 0.200. The van der Waals surface area contributed by atoms with E-state index in [0.717, 1.165) is 27.8 Å². The van der Waals surface area contributed by atoms with E-state index < -0.39 is 0 Å². The number of hydrogen-bond acceptors (Lipinski definition) is 3. The van der Waals surface area contributed by atoms with Crippen LogP contribution in [0.3, 0.4) is 0 Å². The Hall–Kier alpha value is -2.16. The van der Waals surface area contributed by atoms with Gasteiger partial charge in [-0.15, -0.1) is 0 Å². The van der Waals surface area contributed by atoms with Gasteiger partial charge in [-0.3, -0.25) is 4.98 Å². The summed E-state index contributed by atoms with van der Waals surface area (Å²) in [6.07, 6.45) is 3.51. The van der Waals surface area contributed by atoms with Crippen LogP contribution in [0, 0.1) is 20.8 Å². The molecule has 2 aromatic heterocycles. The van der Waals surface area contributed by atoms with Crippen molar-refractivity contribution < 1.29 is 4.42 Å². The Balaban J connectivity index is 2.29. The van der Waals surface area contributed by atoms with Gasteiger partial charge in [-0.25, -0.2) is 4.98 Å². The highest BCUT2D eigenvalue weighted by atomic mass is 16.3. The summed E-state index contributed by atoms with van der Waals surface area (Å²) in [5, 5.41) is 0. The molecule has 0 unspecified atom stereocenters. The molecule has 0 spiro atoms. The standard InChI is InChI=1S/C15H14N2O/c1-9-7-10(2)13-14(11(9)3)18-15(17-13)12-5-4-6-16-8-12/h4-8H,1-3H3. The molecule has 2 heterocycles. The number of oxazole rings is 1. The predicted octanol–water partition coefficient (Wildman–Crippen LogP) is 3.82. The first kappa shape index (κ1) is 11.0. The lowest BCUT2D eigenvalue weighted by atomic mass is 10.1. The van der Waals surface area contributed by atoms with E-state index in [-0.39, 0.29) is 0 Å². The molecule has 0 aliphatic carbocycles. The van der Waals surface area contributed by atoms with Crippen LogP contribution >= 0.6 is 0 Å². The average molecular weight is 238 g/mol. The number of hydrogen-bond donors (Lipinski definition) is 0. The molecule has 1 aromatic carbocycles. The van der Waals surface area contributed by atoms with Crippen molar-refractivity contribution in [2.24, 2.45) is 0 Å². The van der Waals surface area contributed by atoms with E-state index in [4.69, 9.17) is 4.42 Å². The maximum Gasteiger partial charge on any atom is 0.228 e. The summed E-state index contributed by atoms with van der Waals surface area (Å²) in [6.45, 7) is 6.22. The van der Waals surface area contributed by atoms with Crippen molar-refractivity contribution in [2.75, 3.05) is 0 Å². The lowest BCUT2D eigenvalue weighted by Crippen LogP contribution is -1.85. The highest BCUT2D eigenvalue weighted by molar-refractivity contribution is 5.83. The van der Waals surface area contributed by atoms with Gasteiger partial charge in [0.25, 0.3) is 0 Å². The van der Waals surface area contributed by atoms with E-state index in [2.05, 4.69) is 36.8 Å². The zero-order chi connectivity index (χ0) is 12.7. The molecule has 0 amide bonds. The molecule has 0 radical (unpaired) electrons. The second kappa shape index (κ2) is 3.95. The molecule has 3 aromatic rings. The van der Waals surface area contributed by atoms with Gasteiger partial charge in [-0.1, -0.05) is 6.07 Å². The van der Waals surface area contributed by atoms with Crippen molar-refractivity contribution in [3.8, 4) is 11.5 Å². The molecule has 0 fully saturated rings. The SMILES string of the molecule is Cc1cc(C)c2nc(-c3cccnc3)oc2c1C. The summed E-state index contributed by atoms with van der Waals surface area (Å²) >= 11 is 0. The van der Waals surface area contributed by atoms with E-state index in [1.165, 1.54) is 5.56 Å². The third-order valence-electron chi connectivity index (χ3n) is 3.27. The third kappa shape index (κ3) is 1.59. The van der Waals surface area contributed by atoms with Gasteiger partial charge < -0.3 is 4.42 Å². The number of aromatic nitrogens is 2. The van der Waals surface area contributed by atoms with Crippen molar-refractivity contribution in [3.05, 3.63) is 47.3 Å². The summed E-state index contributed by atoms with van der Waals surface area (Å²) in [5.41, 5.74) is 6.26. The van der Waals surface area contributed by atoms with Gasteiger partial charge in [0.1, 0.15) is 5.52 Å². The first-order chi connectivity index (χ1) is 8.66. The molecule has 0 aliphatic heterocycles. The molecular formula is C15H14N2O. The van der Waals surface area contributed by atoms with Gasteiger partial charge in [0.2, 0.25) is 5.89 Å². The topological polar surface area (TPSA) is 38.9 Å². The van der Waals surface area contributed by atoms with Crippen molar-refractivity contribution in [1.82, 2.24) is 9.97 Å². The van der Waals surface area contributed by atoms with Gasteiger partial charge in [0, 0.05) is 12.4 Å². The Bertz CT molecular complexity index is 714. The molecule has 0 N–H and O–H groups in total. The number of benzene rings is 1. The summed E-state index contributed by atoms with van der Waals surface area (Å²) in [4.78, 5) is 8.67. The summed E-state index contributed by atoms with van der Waals surface area (Å²) in [5.74, 6) is 0.634. The first-order valence-corrected chi connectivity index (χ1v) is 5.94. The van der Waals surface area contributed by atoms with Crippen molar-refractivity contribution in [1.29, 1.82) is 0 Å². The normalized spacial score (nSPS) is 11.1. The highest BCUT2D eigenvalue weighted by Gasteiger charge is 2.13. The van der Waals surface area contributed by atoms with Crippen molar-refractivity contribution in [2.45, 2.75) is 20.8 Å². The number of rotatable bonds is 1. The van der Waals surface area contributed by atoms with Gasteiger partial charge in [-0.2, -0.15) is 0 Å². The van der Waals surface area contributed by atoms with Crippen LogP contribution in [0.15, 0.2) is 35.0 Å². The average Bonchev–Trinajstić information content (AvgIpc) is 2.83. The van der Waals surface area contributed by atoms with E-state index >= 15 is 0 Å². The lowest BCUT2D eigenvalue weighted by Gasteiger charge is -2.01. The second-order valence-corrected chi connectivity index (χ2v) is 4.57. The highest BCUT2D eigenvalue weighted by Crippen LogP contribution is 2.29. The first-order valence-electron chi connectivity index (χ1n) is 5.94. The van der Waals surface area contributed by atoms with Gasteiger partial charge in [-0.05, 0) is 49.6 Å². The van der Waals surface area contributed by atoms with Crippen LogP contribution in [0.2, 0.25) is 0 Å². The number of aryl methyl sites for hydroxylation is 3. The quantitative estimate of drug-likeness (QED) is 0.647. The minimum absolute atomic E-state index is 0.634. The van der Waals surface area contributed by atoms with Crippen LogP contribution in [0.1, 0.15) is 16.7 Å². The summed E-state index contributed by atoms with van der Waals surface area (Å²) in [6, 6.07) is 5.98. The molecule has 0 aliphatic rings. The van der Waals surface area contributed by atoms with Gasteiger partial charge in [0.05, 0.1) is 5.56 Å². The fourth-order valence-electron chi connectivity index (χ4n) is 2.13. The van der Waals surface area contributed by atoms with Crippen LogP contribution in [-0.4, -0.2) is 9.97 Å². The largest absolute Gasteiger partial charge is 0.436 e.